The molecule has 0 fully saturated rings. The molecular formula is C10H15ClN2O2. The Bertz CT molecular complexity index is 329. The third kappa shape index (κ3) is 4.27. The van der Waals surface area contributed by atoms with E-state index < -0.39 is 5.97 Å². The zero-order valence-electron chi connectivity index (χ0n) is 8.77. The third-order valence-corrected chi connectivity index (χ3v) is 1.73. The summed E-state index contributed by atoms with van der Waals surface area (Å²) < 4.78 is 4.56. The van der Waals surface area contributed by atoms with E-state index >= 15 is 0 Å². The topological polar surface area (TPSA) is 65.2 Å². The van der Waals surface area contributed by atoms with Gasteiger partial charge in [0.1, 0.15) is 5.69 Å². The Morgan fingerprint density at radius 3 is 2.80 bits per heavy atom. The number of carbonyl (C=O) groups is 1. The number of aromatic nitrogens is 1. The number of rotatable bonds is 3. The molecule has 1 heterocycles. The molecule has 4 nitrogen and oxygen atoms in total. The summed E-state index contributed by atoms with van der Waals surface area (Å²) in [6.45, 7) is 1.90. The molecule has 2 N–H and O–H groups in total. The van der Waals surface area contributed by atoms with Crippen LogP contribution in [0.25, 0.3) is 0 Å². The highest BCUT2D eigenvalue weighted by Gasteiger charge is 2.07. The van der Waals surface area contributed by atoms with Crippen molar-refractivity contribution in [1.29, 1.82) is 0 Å². The van der Waals surface area contributed by atoms with Crippen LogP contribution in [0.15, 0.2) is 18.2 Å². The van der Waals surface area contributed by atoms with E-state index in [1.807, 2.05) is 13.0 Å². The van der Waals surface area contributed by atoms with E-state index in [0.29, 0.717) is 12.1 Å². The van der Waals surface area contributed by atoms with Crippen LogP contribution in [0, 0.1) is 0 Å². The molecule has 0 amide bonds. The second-order valence-electron chi connectivity index (χ2n) is 3.19. The number of nitrogens with two attached hydrogens (primary N) is 1. The van der Waals surface area contributed by atoms with Crippen LogP contribution in [-0.4, -0.2) is 24.1 Å². The highest BCUT2D eigenvalue weighted by atomic mass is 35.5. The molecular weight excluding hydrogens is 216 g/mol. The van der Waals surface area contributed by atoms with Gasteiger partial charge in [0.2, 0.25) is 0 Å². The summed E-state index contributed by atoms with van der Waals surface area (Å²) in [5.41, 5.74) is 6.76. The molecule has 5 heteroatoms. The van der Waals surface area contributed by atoms with Gasteiger partial charge < -0.3 is 10.5 Å². The fraction of sp³-hybridized carbons (Fsp3) is 0.400. The summed E-state index contributed by atoms with van der Waals surface area (Å²) >= 11 is 0. The highest BCUT2D eigenvalue weighted by Crippen LogP contribution is 2.03. The lowest BCUT2D eigenvalue weighted by atomic mass is 10.1. The van der Waals surface area contributed by atoms with Crippen molar-refractivity contribution >= 4 is 18.4 Å². The van der Waals surface area contributed by atoms with E-state index in [9.17, 15) is 4.79 Å². The maximum absolute atomic E-state index is 11.1. The van der Waals surface area contributed by atoms with E-state index in [0.717, 1.165) is 5.69 Å². The number of carbonyl (C=O) groups excluding carboxylic acids is 1. The smallest absolute Gasteiger partial charge is 0.356 e. The number of nitrogens with zero attached hydrogens (tertiary/aromatic N) is 1. The van der Waals surface area contributed by atoms with Crippen molar-refractivity contribution in [3.05, 3.63) is 29.6 Å². The molecule has 0 saturated heterocycles. The average molecular weight is 231 g/mol. The number of esters is 1. The molecule has 0 spiro atoms. The zero-order chi connectivity index (χ0) is 10.6. The summed E-state index contributed by atoms with van der Waals surface area (Å²) in [5.74, 6) is -0.420. The second-order valence-corrected chi connectivity index (χ2v) is 3.19. The van der Waals surface area contributed by atoms with Gasteiger partial charge in [-0.15, -0.1) is 12.4 Å². The maximum atomic E-state index is 11.1. The van der Waals surface area contributed by atoms with Gasteiger partial charge in [0.05, 0.1) is 7.11 Å². The van der Waals surface area contributed by atoms with Gasteiger partial charge in [-0.2, -0.15) is 0 Å². The average Bonchev–Trinajstić information content (AvgIpc) is 2.16. The van der Waals surface area contributed by atoms with Gasteiger partial charge >= 0.3 is 5.97 Å². The van der Waals surface area contributed by atoms with Gasteiger partial charge in [0, 0.05) is 18.2 Å². The van der Waals surface area contributed by atoms with Crippen molar-refractivity contribution in [2.75, 3.05) is 7.11 Å². The van der Waals surface area contributed by atoms with Gasteiger partial charge in [-0.3, -0.25) is 0 Å². The maximum Gasteiger partial charge on any atom is 0.356 e. The van der Waals surface area contributed by atoms with Crippen LogP contribution in [0.1, 0.15) is 23.1 Å². The lowest BCUT2D eigenvalue weighted by Crippen LogP contribution is -2.19. The van der Waals surface area contributed by atoms with Crippen molar-refractivity contribution in [2.45, 2.75) is 19.4 Å². The van der Waals surface area contributed by atoms with Gasteiger partial charge in [-0.05, 0) is 19.1 Å². The monoisotopic (exact) mass is 230 g/mol. The molecule has 0 aliphatic heterocycles. The summed E-state index contributed by atoms with van der Waals surface area (Å²) in [6.07, 6.45) is 0.658. The molecule has 0 radical (unpaired) electrons. The molecule has 84 valence electrons. The molecule has 15 heavy (non-hydrogen) atoms. The van der Waals surface area contributed by atoms with Crippen LogP contribution in [0.4, 0.5) is 0 Å². The molecule has 1 aromatic heterocycles. The van der Waals surface area contributed by atoms with Crippen LogP contribution in [0.3, 0.4) is 0 Å². The summed E-state index contributed by atoms with van der Waals surface area (Å²) in [7, 11) is 1.34. The van der Waals surface area contributed by atoms with E-state index in [2.05, 4.69) is 9.72 Å². The molecule has 0 aromatic carbocycles. The fourth-order valence-corrected chi connectivity index (χ4v) is 1.14. The summed E-state index contributed by atoms with van der Waals surface area (Å²) in [4.78, 5) is 15.3. The van der Waals surface area contributed by atoms with Crippen molar-refractivity contribution in [3.8, 4) is 0 Å². The number of pyridine rings is 1. The molecule has 1 unspecified atom stereocenters. The predicted octanol–water partition coefficient (Wildman–Crippen LogP) is 1.18. The minimum absolute atomic E-state index is 0. The normalized spacial score (nSPS) is 11.4. The van der Waals surface area contributed by atoms with Crippen molar-refractivity contribution < 1.29 is 9.53 Å². The highest BCUT2D eigenvalue weighted by molar-refractivity contribution is 5.87. The quantitative estimate of drug-likeness (QED) is 0.792. The van der Waals surface area contributed by atoms with Gasteiger partial charge in [-0.25, -0.2) is 9.78 Å². The molecule has 1 aromatic rings. The predicted molar refractivity (Wildman–Crippen MR) is 60.2 cm³/mol. The van der Waals surface area contributed by atoms with E-state index in [1.165, 1.54) is 7.11 Å². The standard InChI is InChI=1S/C10H14N2O2.ClH/c1-7(11)6-8-4-3-5-9(12-8)10(13)14-2;/h3-5,7H,6,11H2,1-2H3;1H. The molecule has 0 aliphatic rings. The second kappa shape index (κ2) is 6.37. The number of hydrogen-bond acceptors (Lipinski definition) is 4. The molecule has 0 saturated carbocycles. The summed E-state index contributed by atoms with van der Waals surface area (Å²) in [5, 5.41) is 0. The molecule has 1 rings (SSSR count). The Balaban J connectivity index is 0.00000196. The fourth-order valence-electron chi connectivity index (χ4n) is 1.14. The molecule has 0 aliphatic carbocycles. The Hall–Kier alpha value is -1.13. The number of ether oxygens (including phenoxy) is 1. The third-order valence-electron chi connectivity index (χ3n) is 1.73. The Morgan fingerprint density at radius 1 is 1.60 bits per heavy atom. The first kappa shape index (κ1) is 13.9. The lowest BCUT2D eigenvalue weighted by Gasteiger charge is -2.05. The van der Waals surface area contributed by atoms with Crippen molar-refractivity contribution in [1.82, 2.24) is 4.98 Å². The van der Waals surface area contributed by atoms with Crippen LogP contribution in [0.2, 0.25) is 0 Å². The Labute approximate surface area is 95.2 Å². The van der Waals surface area contributed by atoms with E-state index in [-0.39, 0.29) is 18.4 Å². The van der Waals surface area contributed by atoms with Crippen molar-refractivity contribution in [3.63, 3.8) is 0 Å². The van der Waals surface area contributed by atoms with Crippen LogP contribution < -0.4 is 5.73 Å². The van der Waals surface area contributed by atoms with E-state index in [4.69, 9.17) is 5.73 Å². The number of hydrogen-bond donors (Lipinski definition) is 1. The van der Waals surface area contributed by atoms with E-state index in [1.54, 1.807) is 12.1 Å². The van der Waals surface area contributed by atoms with Crippen molar-refractivity contribution in [2.24, 2.45) is 5.73 Å². The first-order valence-corrected chi connectivity index (χ1v) is 4.43. The lowest BCUT2D eigenvalue weighted by molar-refractivity contribution is 0.0593. The first-order valence-electron chi connectivity index (χ1n) is 4.43. The Morgan fingerprint density at radius 2 is 2.27 bits per heavy atom. The van der Waals surface area contributed by atoms with Gasteiger partial charge in [0.25, 0.3) is 0 Å². The van der Waals surface area contributed by atoms with Gasteiger partial charge in [-0.1, -0.05) is 6.07 Å². The van der Waals surface area contributed by atoms with Crippen LogP contribution in [0.5, 0.6) is 0 Å². The first-order chi connectivity index (χ1) is 6.63. The molecule has 1 atom stereocenters. The molecule has 0 bridgehead atoms. The SMILES string of the molecule is COC(=O)c1cccc(CC(C)N)n1.Cl. The number of methoxy groups -OCH3 is 1. The minimum Gasteiger partial charge on any atom is -0.464 e. The summed E-state index contributed by atoms with van der Waals surface area (Å²) in [6, 6.07) is 5.28. The minimum atomic E-state index is -0.420. The van der Waals surface area contributed by atoms with Crippen LogP contribution >= 0.6 is 12.4 Å². The largest absolute Gasteiger partial charge is 0.464 e. The van der Waals surface area contributed by atoms with Crippen LogP contribution in [-0.2, 0) is 11.2 Å². The van der Waals surface area contributed by atoms with Gasteiger partial charge in [0.15, 0.2) is 0 Å². The Kier molecular flexibility index (Phi) is 5.89. The zero-order valence-corrected chi connectivity index (χ0v) is 9.58. The number of halogens is 1.